The fourth-order valence-electron chi connectivity index (χ4n) is 1.57. The van der Waals surface area contributed by atoms with Crippen LogP contribution in [0.5, 0.6) is 0 Å². The molecule has 0 aromatic heterocycles. The van der Waals surface area contributed by atoms with Gasteiger partial charge in [-0.1, -0.05) is 11.6 Å². The SMILES string of the molecule is N#Cc1ccc(N2CCCOC2=O)c(Cl)c1. The Kier molecular flexibility index (Phi) is 2.97. The van der Waals surface area contributed by atoms with Gasteiger partial charge in [0.2, 0.25) is 0 Å². The molecule has 4 nitrogen and oxygen atoms in total. The fraction of sp³-hybridized carbons (Fsp3) is 0.273. The summed E-state index contributed by atoms with van der Waals surface area (Å²) in [5, 5.41) is 9.09. The molecule has 0 bridgehead atoms. The van der Waals surface area contributed by atoms with Gasteiger partial charge in [-0.15, -0.1) is 0 Å². The third-order valence-electron chi connectivity index (χ3n) is 2.34. The van der Waals surface area contributed by atoms with Crippen LogP contribution >= 0.6 is 11.6 Å². The van der Waals surface area contributed by atoms with Crippen molar-refractivity contribution in [3.05, 3.63) is 28.8 Å². The van der Waals surface area contributed by atoms with Crippen LogP contribution in [0.25, 0.3) is 0 Å². The average Bonchev–Trinajstić information content (AvgIpc) is 2.30. The van der Waals surface area contributed by atoms with Gasteiger partial charge in [0.15, 0.2) is 0 Å². The molecule has 0 spiro atoms. The number of carbonyl (C=O) groups excluding carboxylic acids is 1. The van der Waals surface area contributed by atoms with Crippen molar-refractivity contribution < 1.29 is 9.53 Å². The molecule has 1 amide bonds. The van der Waals surface area contributed by atoms with E-state index in [-0.39, 0.29) is 0 Å². The standard InChI is InChI=1S/C11H9ClN2O2/c12-9-6-8(7-13)2-3-10(9)14-4-1-5-16-11(14)15/h2-3,6H,1,4-5H2. The minimum atomic E-state index is -0.391. The Morgan fingerprint density at radius 1 is 1.50 bits per heavy atom. The molecule has 0 saturated carbocycles. The van der Waals surface area contributed by atoms with E-state index in [1.54, 1.807) is 18.2 Å². The van der Waals surface area contributed by atoms with Crippen molar-refractivity contribution in [2.24, 2.45) is 0 Å². The largest absolute Gasteiger partial charge is 0.449 e. The number of anilines is 1. The lowest BCUT2D eigenvalue weighted by atomic mass is 10.2. The number of amides is 1. The van der Waals surface area contributed by atoms with Gasteiger partial charge in [-0.2, -0.15) is 5.26 Å². The number of nitrogens with zero attached hydrogens (tertiary/aromatic N) is 2. The lowest BCUT2D eigenvalue weighted by molar-refractivity contribution is 0.140. The molecule has 0 aliphatic carbocycles. The summed E-state index contributed by atoms with van der Waals surface area (Å²) in [6.45, 7) is 1.04. The molecule has 0 atom stereocenters. The maximum Gasteiger partial charge on any atom is 0.414 e. The number of hydrogen-bond donors (Lipinski definition) is 0. The molecule has 0 radical (unpaired) electrons. The Balaban J connectivity index is 2.33. The van der Waals surface area contributed by atoms with E-state index in [1.165, 1.54) is 4.90 Å². The van der Waals surface area contributed by atoms with Crippen LogP contribution in [-0.2, 0) is 4.74 Å². The first-order valence-electron chi connectivity index (χ1n) is 4.86. The normalized spacial score (nSPS) is 15.5. The summed E-state index contributed by atoms with van der Waals surface area (Å²) in [7, 11) is 0. The van der Waals surface area contributed by atoms with Gasteiger partial charge < -0.3 is 4.74 Å². The number of benzene rings is 1. The van der Waals surface area contributed by atoms with Crippen LogP contribution in [0.3, 0.4) is 0 Å². The van der Waals surface area contributed by atoms with Crippen molar-refractivity contribution in [1.82, 2.24) is 0 Å². The fourth-order valence-corrected chi connectivity index (χ4v) is 1.85. The van der Waals surface area contributed by atoms with Crippen LogP contribution in [0.4, 0.5) is 10.5 Å². The predicted molar refractivity (Wildman–Crippen MR) is 59.5 cm³/mol. The van der Waals surface area contributed by atoms with Crippen molar-refractivity contribution in [3.63, 3.8) is 0 Å². The van der Waals surface area contributed by atoms with Crippen LogP contribution in [0.1, 0.15) is 12.0 Å². The highest BCUT2D eigenvalue weighted by molar-refractivity contribution is 6.33. The van der Waals surface area contributed by atoms with Crippen LogP contribution in [-0.4, -0.2) is 19.2 Å². The maximum atomic E-state index is 11.5. The molecule has 5 heteroatoms. The molecule has 1 fully saturated rings. The number of ether oxygens (including phenoxy) is 1. The second-order valence-electron chi connectivity index (χ2n) is 3.40. The zero-order valence-electron chi connectivity index (χ0n) is 8.44. The van der Waals surface area contributed by atoms with Crippen LogP contribution < -0.4 is 4.90 Å². The molecule has 1 aromatic rings. The second-order valence-corrected chi connectivity index (χ2v) is 3.80. The number of nitriles is 1. The minimum Gasteiger partial charge on any atom is -0.449 e. The summed E-state index contributed by atoms with van der Waals surface area (Å²) in [6, 6.07) is 6.82. The first kappa shape index (κ1) is 10.8. The zero-order valence-corrected chi connectivity index (χ0v) is 9.20. The Bertz CT molecular complexity index is 468. The summed E-state index contributed by atoms with van der Waals surface area (Å²) in [5.41, 5.74) is 1.06. The number of cyclic esters (lactones) is 1. The van der Waals surface area contributed by atoms with Crippen molar-refractivity contribution >= 4 is 23.4 Å². The highest BCUT2D eigenvalue weighted by Gasteiger charge is 2.23. The molecule has 16 heavy (non-hydrogen) atoms. The van der Waals surface area contributed by atoms with E-state index in [4.69, 9.17) is 21.6 Å². The molecule has 1 heterocycles. The quantitative estimate of drug-likeness (QED) is 0.753. The predicted octanol–water partition coefficient (Wildman–Crippen LogP) is 2.56. The monoisotopic (exact) mass is 236 g/mol. The van der Waals surface area contributed by atoms with E-state index in [0.717, 1.165) is 6.42 Å². The summed E-state index contributed by atoms with van der Waals surface area (Å²) in [6.07, 6.45) is 0.389. The van der Waals surface area contributed by atoms with E-state index in [1.807, 2.05) is 6.07 Å². The Morgan fingerprint density at radius 3 is 2.94 bits per heavy atom. The van der Waals surface area contributed by atoms with Gasteiger partial charge in [0.25, 0.3) is 0 Å². The Morgan fingerprint density at radius 2 is 2.31 bits per heavy atom. The number of carbonyl (C=O) groups is 1. The highest BCUT2D eigenvalue weighted by Crippen LogP contribution is 2.28. The molecule has 82 valence electrons. The molecular weight excluding hydrogens is 228 g/mol. The summed E-state index contributed by atoms with van der Waals surface area (Å²) in [5.74, 6) is 0. The highest BCUT2D eigenvalue weighted by atomic mass is 35.5. The van der Waals surface area contributed by atoms with Gasteiger partial charge in [-0.3, -0.25) is 4.90 Å². The number of hydrogen-bond acceptors (Lipinski definition) is 3. The van der Waals surface area contributed by atoms with Gasteiger partial charge in [-0.05, 0) is 24.6 Å². The lowest BCUT2D eigenvalue weighted by Gasteiger charge is -2.27. The van der Waals surface area contributed by atoms with Gasteiger partial charge >= 0.3 is 6.09 Å². The first-order valence-corrected chi connectivity index (χ1v) is 5.24. The van der Waals surface area contributed by atoms with Crippen LogP contribution in [0.15, 0.2) is 18.2 Å². The topological polar surface area (TPSA) is 53.3 Å². The van der Waals surface area contributed by atoms with Gasteiger partial charge in [0, 0.05) is 6.54 Å². The van der Waals surface area contributed by atoms with Crippen molar-refractivity contribution in [3.8, 4) is 6.07 Å². The summed E-state index contributed by atoms with van der Waals surface area (Å²) in [4.78, 5) is 13.0. The molecule has 0 N–H and O–H groups in total. The van der Waals surface area contributed by atoms with Gasteiger partial charge in [0.05, 0.1) is 28.9 Å². The van der Waals surface area contributed by atoms with Crippen LogP contribution in [0.2, 0.25) is 5.02 Å². The average molecular weight is 237 g/mol. The summed E-state index contributed by atoms with van der Waals surface area (Å²) < 4.78 is 4.92. The molecule has 1 saturated heterocycles. The molecule has 1 aromatic carbocycles. The Labute approximate surface area is 98.0 Å². The number of rotatable bonds is 1. The van der Waals surface area contributed by atoms with E-state index in [9.17, 15) is 4.79 Å². The van der Waals surface area contributed by atoms with E-state index < -0.39 is 6.09 Å². The second kappa shape index (κ2) is 4.42. The maximum absolute atomic E-state index is 11.5. The zero-order chi connectivity index (χ0) is 11.5. The van der Waals surface area contributed by atoms with Crippen LogP contribution in [0, 0.1) is 11.3 Å². The third kappa shape index (κ3) is 1.95. The van der Waals surface area contributed by atoms with Crippen molar-refractivity contribution in [2.45, 2.75) is 6.42 Å². The molecule has 1 aliphatic heterocycles. The smallest absolute Gasteiger partial charge is 0.414 e. The Hall–Kier alpha value is -1.73. The lowest BCUT2D eigenvalue weighted by Crippen LogP contribution is -2.37. The van der Waals surface area contributed by atoms with Gasteiger partial charge in [-0.25, -0.2) is 4.79 Å². The van der Waals surface area contributed by atoms with Gasteiger partial charge in [0.1, 0.15) is 0 Å². The summed E-state index contributed by atoms with van der Waals surface area (Å²) >= 11 is 6.01. The first-order chi connectivity index (χ1) is 7.72. The van der Waals surface area contributed by atoms with Crippen molar-refractivity contribution in [2.75, 3.05) is 18.1 Å². The minimum absolute atomic E-state index is 0.387. The van der Waals surface area contributed by atoms with E-state index in [2.05, 4.69) is 0 Å². The van der Waals surface area contributed by atoms with E-state index >= 15 is 0 Å². The number of halogens is 1. The molecule has 2 rings (SSSR count). The molecular formula is C11H9ClN2O2. The third-order valence-corrected chi connectivity index (χ3v) is 2.64. The molecule has 0 unspecified atom stereocenters. The molecule has 1 aliphatic rings. The van der Waals surface area contributed by atoms with Crippen molar-refractivity contribution in [1.29, 1.82) is 5.26 Å². The van der Waals surface area contributed by atoms with E-state index in [0.29, 0.717) is 29.4 Å².